The van der Waals surface area contributed by atoms with Gasteiger partial charge in [0, 0.05) is 11.3 Å². The maximum absolute atomic E-state index is 5.88. The highest BCUT2D eigenvalue weighted by Gasteiger charge is 2.05. The maximum atomic E-state index is 5.88. The molecule has 0 aliphatic rings. The molecule has 2 aromatic carbocycles. The second-order valence-corrected chi connectivity index (χ2v) is 6.22. The Morgan fingerprint density at radius 3 is 2.80 bits per heavy atom. The summed E-state index contributed by atoms with van der Waals surface area (Å²) in [7, 11) is 0. The average molecular weight is 351 g/mol. The number of aromatic nitrogens is 2. The van der Waals surface area contributed by atoms with Gasteiger partial charge in [0.2, 0.25) is 0 Å². The lowest BCUT2D eigenvalue weighted by Crippen LogP contribution is -2.05. The van der Waals surface area contributed by atoms with Crippen molar-refractivity contribution in [2.45, 2.75) is 12.7 Å². The lowest BCUT2D eigenvalue weighted by Gasteiger charge is -1.99. The summed E-state index contributed by atoms with van der Waals surface area (Å²) in [6, 6.07) is 17.7. The van der Waals surface area contributed by atoms with Crippen molar-refractivity contribution >= 4 is 23.1 Å². The molecule has 0 unspecified atom stereocenters. The molecule has 0 atom stereocenters. The number of nitrogens with zero attached hydrogens (tertiary/aromatic N) is 4. The number of benzene rings is 2. The number of aryl methyl sites for hydroxylation is 1. The largest absolute Gasteiger partial charge is 0.377 e. The fourth-order valence-corrected chi connectivity index (χ4v) is 2.69. The summed E-state index contributed by atoms with van der Waals surface area (Å²) in [6.45, 7) is 1.78. The van der Waals surface area contributed by atoms with Crippen molar-refractivity contribution in [2.75, 3.05) is 0 Å². The van der Waals surface area contributed by atoms with Crippen molar-refractivity contribution in [1.82, 2.24) is 10.1 Å². The fourth-order valence-electron chi connectivity index (χ4n) is 2.08. The van der Waals surface area contributed by atoms with Gasteiger partial charge in [-0.15, -0.1) is 5.10 Å². The molecule has 3 rings (SSSR count). The molecule has 6 nitrogen and oxygen atoms in total. The van der Waals surface area contributed by atoms with Gasteiger partial charge < -0.3 is 10.3 Å². The summed E-state index contributed by atoms with van der Waals surface area (Å²) in [4.78, 5) is 4.21. The highest BCUT2D eigenvalue weighted by Crippen LogP contribution is 2.17. The van der Waals surface area contributed by atoms with Gasteiger partial charge in [-0.05, 0) is 30.2 Å². The number of amidine groups is 1. The van der Waals surface area contributed by atoms with Crippen molar-refractivity contribution < 1.29 is 4.52 Å². The Kier molecular flexibility index (Phi) is 5.58. The first-order valence-electron chi connectivity index (χ1n) is 7.65. The second kappa shape index (κ2) is 8.25. The lowest BCUT2D eigenvalue weighted by molar-refractivity contribution is 0.425. The van der Waals surface area contributed by atoms with Crippen molar-refractivity contribution in [3.63, 3.8) is 0 Å². The number of thioether (sulfide) groups is 1. The molecule has 126 valence electrons. The smallest absolute Gasteiger partial charge is 0.257 e. The quantitative estimate of drug-likeness (QED) is 0.431. The molecule has 0 aliphatic carbocycles. The molecule has 0 spiro atoms. The molecule has 2 N–H and O–H groups in total. The Hall–Kier alpha value is -2.93. The summed E-state index contributed by atoms with van der Waals surface area (Å²) in [5.41, 5.74) is 8.77. The van der Waals surface area contributed by atoms with Crippen molar-refractivity contribution in [2.24, 2.45) is 15.9 Å². The van der Waals surface area contributed by atoms with Crippen molar-refractivity contribution in [3.05, 3.63) is 71.5 Å². The number of nitrogens with two attached hydrogens (primary N) is 1. The standard InChI is InChI=1S/C18H17N5OS/c1-13-21-17(24-23-13)16-9-5-8-15(10-16)11-20-22-18(19)25-12-14-6-3-2-4-7-14/h2-11H,12H2,1H3,(H2,19,22). The first-order chi connectivity index (χ1) is 12.2. The predicted molar refractivity (Wildman–Crippen MR) is 101 cm³/mol. The summed E-state index contributed by atoms with van der Waals surface area (Å²) >= 11 is 1.45. The average Bonchev–Trinajstić information content (AvgIpc) is 3.08. The molecule has 0 amide bonds. The van der Waals surface area contributed by atoms with Crippen LogP contribution in [0.5, 0.6) is 0 Å². The van der Waals surface area contributed by atoms with Crippen molar-refractivity contribution in [3.8, 4) is 11.5 Å². The number of hydrogen-bond acceptors (Lipinski definition) is 6. The van der Waals surface area contributed by atoms with Crippen LogP contribution in [0.15, 0.2) is 69.3 Å². The van der Waals surface area contributed by atoms with Gasteiger partial charge in [0.1, 0.15) is 0 Å². The highest BCUT2D eigenvalue weighted by atomic mass is 32.2. The molecule has 25 heavy (non-hydrogen) atoms. The van der Waals surface area contributed by atoms with Gasteiger partial charge in [-0.2, -0.15) is 10.1 Å². The molecule has 0 saturated carbocycles. The Labute approximate surface area is 149 Å². The third-order valence-corrected chi connectivity index (χ3v) is 4.11. The monoisotopic (exact) mass is 351 g/mol. The third kappa shape index (κ3) is 5.02. The van der Waals surface area contributed by atoms with Gasteiger partial charge >= 0.3 is 0 Å². The van der Waals surface area contributed by atoms with E-state index in [2.05, 4.69) is 20.3 Å². The van der Waals surface area contributed by atoms with Crippen LogP contribution in [0, 0.1) is 6.92 Å². The van der Waals surface area contributed by atoms with E-state index in [1.807, 2.05) is 54.6 Å². The van der Waals surface area contributed by atoms with Crippen LogP contribution < -0.4 is 5.73 Å². The minimum Gasteiger partial charge on any atom is -0.377 e. The lowest BCUT2D eigenvalue weighted by atomic mass is 10.1. The summed E-state index contributed by atoms with van der Waals surface area (Å²) in [6.07, 6.45) is 1.64. The molecule has 0 aliphatic heterocycles. The van der Waals surface area contributed by atoms with Gasteiger partial charge in [-0.1, -0.05) is 59.4 Å². The van der Waals surface area contributed by atoms with Crippen LogP contribution in [-0.2, 0) is 5.75 Å². The molecule has 0 bridgehead atoms. The van der Waals surface area contributed by atoms with Crippen LogP contribution >= 0.6 is 11.8 Å². The van der Waals surface area contributed by atoms with E-state index in [1.54, 1.807) is 13.1 Å². The summed E-state index contributed by atoms with van der Waals surface area (Å²) < 4.78 is 5.17. The number of rotatable bonds is 5. The number of hydrogen-bond donors (Lipinski definition) is 1. The Morgan fingerprint density at radius 1 is 1.20 bits per heavy atom. The normalized spacial score (nSPS) is 12.0. The zero-order valence-electron chi connectivity index (χ0n) is 13.7. The Morgan fingerprint density at radius 2 is 2.04 bits per heavy atom. The summed E-state index contributed by atoms with van der Waals surface area (Å²) in [5, 5.41) is 12.3. The van der Waals surface area contributed by atoms with E-state index in [4.69, 9.17) is 10.3 Å². The zero-order chi connectivity index (χ0) is 17.5. The zero-order valence-corrected chi connectivity index (χ0v) is 14.5. The van der Waals surface area contributed by atoms with Crippen LogP contribution in [-0.4, -0.2) is 21.5 Å². The van der Waals surface area contributed by atoms with E-state index in [0.29, 0.717) is 16.9 Å². The highest BCUT2D eigenvalue weighted by molar-refractivity contribution is 8.13. The van der Waals surface area contributed by atoms with Crippen LogP contribution in [0.1, 0.15) is 17.0 Å². The van der Waals surface area contributed by atoms with Crippen LogP contribution in [0.2, 0.25) is 0 Å². The minimum atomic E-state index is 0.420. The molecule has 0 radical (unpaired) electrons. The Balaban J connectivity index is 1.61. The van der Waals surface area contributed by atoms with E-state index in [0.717, 1.165) is 16.9 Å². The van der Waals surface area contributed by atoms with Gasteiger partial charge in [0.15, 0.2) is 11.0 Å². The molecule has 1 aromatic heterocycles. The minimum absolute atomic E-state index is 0.420. The van der Waals surface area contributed by atoms with Crippen LogP contribution in [0.3, 0.4) is 0 Å². The van der Waals surface area contributed by atoms with E-state index >= 15 is 0 Å². The molecule has 0 fully saturated rings. The van der Waals surface area contributed by atoms with Crippen LogP contribution in [0.4, 0.5) is 0 Å². The van der Waals surface area contributed by atoms with Gasteiger partial charge in [-0.25, -0.2) is 0 Å². The molecule has 7 heteroatoms. The fraction of sp³-hybridized carbons (Fsp3) is 0.111. The van der Waals surface area contributed by atoms with Crippen molar-refractivity contribution in [1.29, 1.82) is 0 Å². The first-order valence-corrected chi connectivity index (χ1v) is 8.63. The Bertz CT molecular complexity index is 889. The van der Waals surface area contributed by atoms with Gasteiger partial charge in [0.05, 0.1) is 6.21 Å². The summed E-state index contributed by atoms with van der Waals surface area (Å²) in [5.74, 6) is 1.84. The molecular weight excluding hydrogens is 334 g/mol. The molecule has 3 aromatic rings. The first kappa shape index (κ1) is 16.9. The molecule has 1 heterocycles. The predicted octanol–water partition coefficient (Wildman–Crippen LogP) is 3.63. The molecular formula is C18H17N5OS. The van der Waals surface area contributed by atoms with Gasteiger partial charge in [0.25, 0.3) is 5.89 Å². The van der Waals surface area contributed by atoms with Crippen LogP contribution in [0.25, 0.3) is 11.5 Å². The van der Waals surface area contributed by atoms with E-state index in [9.17, 15) is 0 Å². The van der Waals surface area contributed by atoms with E-state index < -0.39 is 0 Å². The topological polar surface area (TPSA) is 89.7 Å². The van der Waals surface area contributed by atoms with Gasteiger partial charge in [-0.3, -0.25) is 0 Å². The maximum Gasteiger partial charge on any atom is 0.257 e. The molecule has 0 saturated heterocycles. The van der Waals surface area contributed by atoms with E-state index in [-0.39, 0.29) is 0 Å². The SMILES string of the molecule is Cc1noc(-c2cccc(C=NN=C(N)SCc3ccccc3)c2)n1. The second-order valence-electron chi connectivity index (χ2n) is 5.23. The third-order valence-electron chi connectivity index (χ3n) is 3.25. The van der Waals surface area contributed by atoms with E-state index in [1.165, 1.54) is 17.3 Å².